The van der Waals surface area contributed by atoms with Gasteiger partial charge in [0.05, 0.1) is 10.9 Å². The van der Waals surface area contributed by atoms with Gasteiger partial charge in [-0.15, -0.1) is 11.3 Å². The molecule has 2 aromatic rings. The third-order valence-electron chi connectivity index (χ3n) is 3.58. The van der Waals surface area contributed by atoms with Crippen LogP contribution in [0.3, 0.4) is 0 Å². The van der Waals surface area contributed by atoms with Crippen LogP contribution in [0.1, 0.15) is 22.0 Å². The molecule has 0 aliphatic carbocycles. The summed E-state index contributed by atoms with van der Waals surface area (Å²) < 4.78 is 27.8. The molecule has 0 spiro atoms. The fourth-order valence-corrected chi connectivity index (χ4v) is 4.57. The number of sulfonamides is 1. The number of nitrogens with zero attached hydrogens (tertiary/aromatic N) is 1. The van der Waals surface area contributed by atoms with Crippen LogP contribution in [-0.2, 0) is 10.0 Å². The van der Waals surface area contributed by atoms with Gasteiger partial charge in [0.15, 0.2) is 0 Å². The number of nitrogens with one attached hydrogen (secondary N) is 1. The van der Waals surface area contributed by atoms with Crippen molar-refractivity contribution in [3.63, 3.8) is 0 Å². The van der Waals surface area contributed by atoms with Gasteiger partial charge in [0, 0.05) is 11.4 Å². The Balaban J connectivity index is 2.18. The molecule has 1 aromatic heterocycles. The van der Waals surface area contributed by atoms with Crippen molar-refractivity contribution >= 4 is 21.4 Å². The summed E-state index contributed by atoms with van der Waals surface area (Å²) in [5.41, 5.74) is 1.83. The molecule has 1 N–H and O–H groups in total. The molecule has 1 atom stereocenters. The Morgan fingerprint density at radius 3 is 2.50 bits per heavy atom. The van der Waals surface area contributed by atoms with Gasteiger partial charge in [0.2, 0.25) is 10.0 Å². The van der Waals surface area contributed by atoms with E-state index in [1.165, 1.54) is 0 Å². The largest absolute Gasteiger partial charge is 0.300 e. The molecular weight excluding hydrogens is 316 g/mol. The van der Waals surface area contributed by atoms with Gasteiger partial charge in [-0.05, 0) is 51.0 Å². The first-order valence-electron chi connectivity index (χ1n) is 7.08. The average Bonchev–Trinajstić information content (AvgIpc) is 2.91. The van der Waals surface area contributed by atoms with E-state index in [1.54, 1.807) is 17.4 Å². The maximum Gasteiger partial charge on any atom is 0.240 e. The highest BCUT2D eigenvalue weighted by Gasteiger charge is 2.21. The summed E-state index contributed by atoms with van der Waals surface area (Å²) in [6, 6.07) is 9.42. The molecule has 1 unspecified atom stereocenters. The van der Waals surface area contributed by atoms with Crippen LogP contribution < -0.4 is 4.72 Å². The van der Waals surface area contributed by atoms with Gasteiger partial charge in [-0.25, -0.2) is 13.1 Å². The molecular formula is C16H22N2O2S2. The van der Waals surface area contributed by atoms with E-state index in [2.05, 4.69) is 4.72 Å². The van der Waals surface area contributed by atoms with E-state index >= 15 is 0 Å². The summed E-state index contributed by atoms with van der Waals surface area (Å²) in [6.45, 7) is 4.13. The summed E-state index contributed by atoms with van der Waals surface area (Å²) >= 11 is 1.63. The lowest BCUT2D eigenvalue weighted by Gasteiger charge is -2.23. The minimum atomic E-state index is -3.50. The molecule has 0 radical (unpaired) electrons. The minimum Gasteiger partial charge on any atom is -0.300 e. The van der Waals surface area contributed by atoms with E-state index in [9.17, 15) is 8.42 Å². The first-order valence-corrected chi connectivity index (χ1v) is 9.44. The van der Waals surface area contributed by atoms with Crippen molar-refractivity contribution in [2.75, 3.05) is 20.6 Å². The molecule has 6 heteroatoms. The van der Waals surface area contributed by atoms with E-state index in [1.807, 2.05) is 62.5 Å². The molecule has 4 nitrogen and oxygen atoms in total. The van der Waals surface area contributed by atoms with Crippen molar-refractivity contribution in [3.05, 3.63) is 51.7 Å². The number of likely N-dealkylation sites (N-methyl/N-ethyl adjacent to an activating group) is 1. The van der Waals surface area contributed by atoms with Crippen molar-refractivity contribution < 1.29 is 8.42 Å². The zero-order valence-corrected chi connectivity index (χ0v) is 15.0. The van der Waals surface area contributed by atoms with Crippen molar-refractivity contribution in [3.8, 4) is 0 Å². The molecule has 0 amide bonds. The quantitative estimate of drug-likeness (QED) is 0.881. The first-order chi connectivity index (χ1) is 10.3. The van der Waals surface area contributed by atoms with Crippen LogP contribution >= 0.6 is 11.3 Å². The van der Waals surface area contributed by atoms with Gasteiger partial charge in [0.1, 0.15) is 0 Å². The van der Waals surface area contributed by atoms with E-state index in [0.717, 1.165) is 16.0 Å². The van der Waals surface area contributed by atoms with Gasteiger partial charge in [-0.3, -0.25) is 0 Å². The molecule has 0 bridgehead atoms. The Bertz CT molecular complexity index is 723. The first kappa shape index (κ1) is 17.1. The van der Waals surface area contributed by atoms with Crippen LogP contribution in [-0.4, -0.2) is 34.0 Å². The Morgan fingerprint density at radius 2 is 1.95 bits per heavy atom. The zero-order valence-electron chi connectivity index (χ0n) is 13.3. The summed E-state index contributed by atoms with van der Waals surface area (Å²) in [7, 11) is 0.409. The number of thiophene rings is 1. The fourth-order valence-electron chi connectivity index (χ4n) is 2.39. The standard InChI is InChI=1S/C16H22N2O2S2/c1-12-7-8-16(13(2)10-12)22(19,20)17-11-14(18(3)4)15-6-5-9-21-15/h5-10,14,17H,11H2,1-4H3. The highest BCUT2D eigenvalue weighted by Crippen LogP contribution is 2.23. The average molecular weight is 338 g/mol. The van der Waals surface area contributed by atoms with Crippen LogP contribution in [0.5, 0.6) is 0 Å². The second-order valence-electron chi connectivity index (χ2n) is 5.62. The topological polar surface area (TPSA) is 49.4 Å². The smallest absolute Gasteiger partial charge is 0.240 e. The predicted molar refractivity (Wildman–Crippen MR) is 91.9 cm³/mol. The molecule has 1 aromatic carbocycles. The van der Waals surface area contributed by atoms with Crippen molar-refractivity contribution in [2.45, 2.75) is 24.8 Å². The number of rotatable bonds is 6. The van der Waals surface area contributed by atoms with Crippen molar-refractivity contribution in [1.82, 2.24) is 9.62 Å². The summed E-state index contributed by atoms with van der Waals surface area (Å²) in [5, 5.41) is 2.00. The highest BCUT2D eigenvalue weighted by atomic mass is 32.2. The second kappa shape index (κ2) is 6.91. The maximum atomic E-state index is 12.5. The monoisotopic (exact) mass is 338 g/mol. The number of hydrogen-bond acceptors (Lipinski definition) is 4. The summed E-state index contributed by atoms with van der Waals surface area (Å²) in [6.07, 6.45) is 0. The lowest BCUT2D eigenvalue weighted by atomic mass is 10.2. The molecule has 1 heterocycles. The van der Waals surface area contributed by atoms with Crippen molar-refractivity contribution in [2.24, 2.45) is 0 Å². The highest BCUT2D eigenvalue weighted by molar-refractivity contribution is 7.89. The molecule has 0 fully saturated rings. The van der Waals surface area contributed by atoms with Gasteiger partial charge in [0.25, 0.3) is 0 Å². The Morgan fingerprint density at radius 1 is 1.23 bits per heavy atom. The van der Waals surface area contributed by atoms with E-state index in [-0.39, 0.29) is 6.04 Å². The number of aryl methyl sites for hydroxylation is 2. The number of benzene rings is 1. The Hall–Kier alpha value is -1.21. The minimum absolute atomic E-state index is 0.0283. The third-order valence-corrected chi connectivity index (χ3v) is 6.14. The maximum absolute atomic E-state index is 12.5. The summed E-state index contributed by atoms with van der Waals surface area (Å²) in [5.74, 6) is 0. The molecule has 120 valence electrons. The lowest BCUT2D eigenvalue weighted by Crippen LogP contribution is -2.34. The molecule has 0 aliphatic rings. The Labute approximate surface area is 136 Å². The molecule has 0 aliphatic heterocycles. The van der Waals surface area contributed by atoms with E-state index < -0.39 is 10.0 Å². The van der Waals surface area contributed by atoms with Gasteiger partial charge in [-0.1, -0.05) is 23.8 Å². The van der Waals surface area contributed by atoms with E-state index in [4.69, 9.17) is 0 Å². The van der Waals surface area contributed by atoms with Gasteiger partial charge >= 0.3 is 0 Å². The van der Waals surface area contributed by atoms with Gasteiger partial charge in [-0.2, -0.15) is 0 Å². The van der Waals surface area contributed by atoms with Gasteiger partial charge < -0.3 is 4.90 Å². The molecule has 22 heavy (non-hydrogen) atoms. The molecule has 0 saturated heterocycles. The fraction of sp³-hybridized carbons (Fsp3) is 0.375. The predicted octanol–water partition coefficient (Wildman–Crippen LogP) is 2.95. The van der Waals surface area contributed by atoms with Crippen LogP contribution in [0.15, 0.2) is 40.6 Å². The lowest BCUT2D eigenvalue weighted by molar-refractivity contribution is 0.303. The molecule has 2 rings (SSSR count). The summed E-state index contributed by atoms with van der Waals surface area (Å²) in [4.78, 5) is 3.52. The van der Waals surface area contributed by atoms with Crippen LogP contribution in [0.4, 0.5) is 0 Å². The Kier molecular flexibility index (Phi) is 5.39. The van der Waals surface area contributed by atoms with Crippen LogP contribution in [0.25, 0.3) is 0 Å². The third kappa shape index (κ3) is 3.95. The normalized spacial score (nSPS) is 13.5. The number of hydrogen-bond donors (Lipinski definition) is 1. The zero-order chi connectivity index (χ0) is 16.3. The molecule has 0 saturated carbocycles. The van der Waals surface area contributed by atoms with E-state index in [0.29, 0.717) is 11.4 Å². The van der Waals surface area contributed by atoms with Crippen LogP contribution in [0.2, 0.25) is 0 Å². The SMILES string of the molecule is Cc1ccc(S(=O)(=O)NCC(c2cccs2)N(C)C)c(C)c1. The van der Waals surface area contributed by atoms with Crippen molar-refractivity contribution in [1.29, 1.82) is 0 Å². The van der Waals surface area contributed by atoms with Crippen LogP contribution in [0, 0.1) is 13.8 Å². The second-order valence-corrected chi connectivity index (χ2v) is 8.33.